The summed E-state index contributed by atoms with van der Waals surface area (Å²) in [5.74, 6) is -0.476. The fourth-order valence-electron chi connectivity index (χ4n) is 5.85. The molecule has 1 saturated heterocycles. The lowest BCUT2D eigenvalue weighted by Gasteiger charge is -2.49. The number of fused-ring (bicyclic) bond motifs is 4. The molecule has 0 radical (unpaired) electrons. The number of halogens is 2. The first-order valence-electron chi connectivity index (χ1n) is 12.4. The van der Waals surface area contributed by atoms with E-state index in [1.54, 1.807) is 30.0 Å². The summed E-state index contributed by atoms with van der Waals surface area (Å²) in [6.07, 6.45) is -0.318. The Morgan fingerprint density at radius 1 is 1.27 bits per heavy atom. The van der Waals surface area contributed by atoms with E-state index in [4.69, 9.17) is 16.3 Å². The van der Waals surface area contributed by atoms with Crippen molar-refractivity contribution in [2.24, 2.45) is 0 Å². The number of nitrogens with one attached hydrogen (secondary N) is 1. The second kappa shape index (κ2) is 8.72. The van der Waals surface area contributed by atoms with Crippen LogP contribution >= 0.6 is 11.6 Å². The van der Waals surface area contributed by atoms with Gasteiger partial charge >= 0.3 is 0 Å². The van der Waals surface area contributed by atoms with Gasteiger partial charge in [-0.1, -0.05) is 23.7 Å². The SMILES string of the molecule is Cc1cccc(O)c1-c1c(Cl)cc2c3c4c(nc2c1F)O[C@H](CN(C)C)CN4C(=O)[C@H]1CN[C@H](C)CN31. The highest BCUT2D eigenvalue weighted by Gasteiger charge is 2.47. The zero-order valence-electron chi connectivity index (χ0n) is 21.2. The molecule has 1 amide bonds. The number of benzene rings is 2. The van der Waals surface area contributed by atoms with Gasteiger partial charge in [0.05, 0.1) is 17.3 Å². The molecule has 1 fully saturated rings. The Morgan fingerprint density at radius 2 is 2.05 bits per heavy atom. The normalized spacial score (nSPS) is 22.8. The van der Waals surface area contributed by atoms with Crippen LogP contribution in [0.5, 0.6) is 11.6 Å². The molecule has 0 aliphatic carbocycles. The van der Waals surface area contributed by atoms with E-state index >= 15 is 4.39 Å². The lowest BCUT2D eigenvalue weighted by Crippen LogP contribution is -2.66. The van der Waals surface area contributed by atoms with Crippen LogP contribution < -0.4 is 19.9 Å². The number of pyridine rings is 1. The van der Waals surface area contributed by atoms with E-state index in [-0.39, 0.29) is 45.8 Å². The van der Waals surface area contributed by atoms with Gasteiger partial charge < -0.3 is 29.9 Å². The predicted molar refractivity (Wildman–Crippen MR) is 142 cm³/mol. The Balaban J connectivity index is 1.65. The summed E-state index contributed by atoms with van der Waals surface area (Å²) < 4.78 is 22.7. The van der Waals surface area contributed by atoms with E-state index in [1.807, 2.05) is 23.9 Å². The topological polar surface area (TPSA) is 81.2 Å². The first kappa shape index (κ1) is 24.2. The number of aromatic nitrogens is 1. The summed E-state index contributed by atoms with van der Waals surface area (Å²) in [5, 5.41) is 14.7. The number of carbonyl (C=O) groups is 1. The van der Waals surface area contributed by atoms with Crippen molar-refractivity contribution in [2.75, 3.05) is 50.1 Å². The number of likely N-dealkylation sites (N-methyl/N-ethyl adjacent to an activating group) is 1. The van der Waals surface area contributed by atoms with Gasteiger partial charge in [-0.25, -0.2) is 9.37 Å². The average Bonchev–Trinajstić information content (AvgIpc) is 2.83. The van der Waals surface area contributed by atoms with Crippen LogP contribution in [-0.4, -0.2) is 79.4 Å². The van der Waals surface area contributed by atoms with Crippen LogP contribution in [0.4, 0.5) is 15.8 Å². The third-order valence-electron chi connectivity index (χ3n) is 7.44. The van der Waals surface area contributed by atoms with Crippen molar-refractivity contribution < 1.29 is 19.0 Å². The number of amides is 1. The summed E-state index contributed by atoms with van der Waals surface area (Å²) in [5.41, 5.74) is 2.49. The molecule has 3 aliphatic rings. The van der Waals surface area contributed by atoms with E-state index in [1.165, 1.54) is 6.07 Å². The molecular formula is C27H29ClFN5O3. The molecule has 10 heteroatoms. The first-order chi connectivity index (χ1) is 17.7. The van der Waals surface area contributed by atoms with E-state index in [2.05, 4.69) is 17.2 Å². The third-order valence-corrected chi connectivity index (χ3v) is 7.73. The number of anilines is 2. The third kappa shape index (κ3) is 3.71. The number of ether oxygens (including phenoxy) is 1. The number of piperazine rings is 1. The molecule has 8 nitrogen and oxygen atoms in total. The second-order valence-corrected chi connectivity index (χ2v) is 10.9. The summed E-state index contributed by atoms with van der Waals surface area (Å²) in [4.78, 5) is 24.1. The standard InChI is InChI=1S/C27H29ClFN5O3/c1-13-6-5-7-19(35)20(13)21-17(28)8-16-23(22(21)29)31-26-25-24(16)33-10-14(2)30-9-18(33)27(36)34(25)12-15(37-26)11-32(3)4/h5-8,14-15,18,30,35H,9-12H2,1-4H3/t14-,15-,18-/m1/s1. The summed E-state index contributed by atoms with van der Waals surface area (Å²) in [6.45, 7) is 5.86. The highest BCUT2D eigenvalue weighted by atomic mass is 35.5. The van der Waals surface area contributed by atoms with Gasteiger partial charge in [0, 0.05) is 42.2 Å². The molecule has 0 spiro atoms. The maximum atomic E-state index is 16.4. The summed E-state index contributed by atoms with van der Waals surface area (Å²) in [7, 11) is 3.87. The van der Waals surface area contributed by atoms with Gasteiger partial charge in [0.25, 0.3) is 5.91 Å². The minimum Gasteiger partial charge on any atom is -0.507 e. The largest absolute Gasteiger partial charge is 0.507 e. The quantitative estimate of drug-likeness (QED) is 0.541. The predicted octanol–water partition coefficient (Wildman–Crippen LogP) is 3.54. The molecule has 2 N–H and O–H groups in total. The maximum Gasteiger partial charge on any atom is 0.251 e. The molecule has 3 atom stereocenters. The van der Waals surface area contributed by atoms with Gasteiger partial charge in [-0.3, -0.25) is 4.79 Å². The monoisotopic (exact) mass is 525 g/mol. The van der Waals surface area contributed by atoms with E-state index in [0.29, 0.717) is 54.1 Å². The molecule has 37 heavy (non-hydrogen) atoms. The molecule has 0 saturated carbocycles. The molecule has 4 heterocycles. The number of hydrogen-bond donors (Lipinski definition) is 2. The minimum absolute atomic E-state index is 0.0191. The van der Waals surface area contributed by atoms with E-state index in [9.17, 15) is 9.90 Å². The molecule has 194 valence electrons. The molecule has 1 aromatic heterocycles. The molecule has 0 bridgehead atoms. The van der Waals surface area contributed by atoms with Crippen LogP contribution in [0.1, 0.15) is 12.5 Å². The number of nitrogens with zero attached hydrogens (tertiary/aromatic N) is 4. The van der Waals surface area contributed by atoms with Crippen LogP contribution in [0, 0.1) is 12.7 Å². The number of rotatable bonds is 3. The van der Waals surface area contributed by atoms with Crippen LogP contribution in [0.2, 0.25) is 5.02 Å². The van der Waals surface area contributed by atoms with Crippen LogP contribution in [0.15, 0.2) is 24.3 Å². The second-order valence-electron chi connectivity index (χ2n) is 10.5. The molecular weight excluding hydrogens is 497 g/mol. The van der Waals surface area contributed by atoms with Gasteiger partial charge in [-0.05, 0) is 45.6 Å². The number of hydrogen-bond acceptors (Lipinski definition) is 7. The van der Waals surface area contributed by atoms with Crippen molar-refractivity contribution in [2.45, 2.75) is 32.0 Å². The molecule has 6 rings (SSSR count). The highest BCUT2D eigenvalue weighted by Crippen LogP contribution is 2.51. The van der Waals surface area contributed by atoms with Gasteiger partial charge in [0.1, 0.15) is 29.1 Å². The van der Waals surface area contributed by atoms with Crippen molar-refractivity contribution in [3.63, 3.8) is 0 Å². The van der Waals surface area contributed by atoms with E-state index < -0.39 is 11.9 Å². The Morgan fingerprint density at radius 3 is 2.78 bits per heavy atom. The number of aryl methyl sites for hydroxylation is 1. The minimum atomic E-state index is -0.632. The zero-order chi connectivity index (χ0) is 26.2. The van der Waals surface area contributed by atoms with Gasteiger partial charge in [0.15, 0.2) is 5.82 Å². The molecule has 3 aromatic rings. The van der Waals surface area contributed by atoms with Crippen molar-refractivity contribution in [1.29, 1.82) is 0 Å². The molecule has 0 unspecified atom stereocenters. The van der Waals surface area contributed by atoms with Gasteiger partial charge in [0.2, 0.25) is 5.88 Å². The Labute approximate surface area is 219 Å². The fraction of sp³-hybridized carbons (Fsp3) is 0.407. The average molecular weight is 526 g/mol. The van der Waals surface area contributed by atoms with Gasteiger partial charge in [-0.2, -0.15) is 0 Å². The smallest absolute Gasteiger partial charge is 0.251 e. The van der Waals surface area contributed by atoms with Crippen molar-refractivity contribution in [1.82, 2.24) is 15.2 Å². The zero-order valence-corrected chi connectivity index (χ0v) is 21.9. The Bertz CT molecular complexity index is 1430. The molecule has 3 aliphatic heterocycles. The molecule has 2 aromatic carbocycles. The van der Waals surface area contributed by atoms with Crippen LogP contribution in [0.25, 0.3) is 22.0 Å². The highest BCUT2D eigenvalue weighted by molar-refractivity contribution is 6.35. The fourth-order valence-corrected chi connectivity index (χ4v) is 6.14. The Hall–Kier alpha value is -3.14. The number of phenols is 1. The number of phenolic OH excluding ortho intramolecular Hbond substituents is 1. The van der Waals surface area contributed by atoms with Crippen LogP contribution in [-0.2, 0) is 4.79 Å². The lowest BCUT2D eigenvalue weighted by atomic mass is 9.94. The lowest BCUT2D eigenvalue weighted by molar-refractivity contribution is -0.121. The van der Waals surface area contributed by atoms with Crippen molar-refractivity contribution in [3.05, 3.63) is 40.7 Å². The van der Waals surface area contributed by atoms with Gasteiger partial charge in [-0.15, -0.1) is 0 Å². The van der Waals surface area contributed by atoms with E-state index in [0.717, 1.165) is 0 Å². The summed E-state index contributed by atoms with van der Waals surface area (Å²) in [6, 6.07) is 6.41. The number of carbonyl (C=O) groups excluding carboxylic acids is 1. The van der Waals surface area contributed by atoms with Crippen molar-refractivity contribution in [3.8, 4) is 22.8 Å². The summed E-state index contributed by atoms with van der Waals surface area (Å²) >= 11 is 6.74. The van der Waals surface area contributed by atoms with Crippen LogP contribution in [0.3, 0.4) is 0 Å². The number of aromatic hydroxyl groups is 1. The Kier molecular flexibility index (Phi) is 5.70. The first-order valence-corrected chi connectivity index (χ1v) is 12.8. The van der Waals surface area contributed by atoms with Crippen molar-refractivity contribution >= 4 is 39.8 Å². The maximum absolute atomic E-state index is 16.4.